The van der Waals surface area contributed by atoms with Gasteiger partial charge < -0.3 is 10.6 Å². The molecule has 82 valence electrons. The summed E-state index contributed by atoms with van der Waals surface area (Å²) in [6.07, 6.45) is 1.11. The number of nitrogens with two attached hydrogens (primary N) is 1. The third-order valence-corrected chi connectivity index (χ3v) is 2.66. The maximum Gasteiger partial charge on any atom is 0.106 e. The van der Waals surface area contributed by atoms with Crippen LogP contribution in [0.1, 0.15) is 24.5 Å². The average molecular weight is 222 g/mol. The van der Waals surface area contributed by atoms with Gasteiger partial charge in [0.05, 0.1) is 0 Å². The first-order chi connectivity index (χ1) is 7.07. The molecule has 0 unspecified atom stereocenters. The molecule has 0 aromatic heterocycles. The molecule has 0 aliphatic heterocycles. The topological polar surface area (TPSA) is 29.3 Å². The summed E-state index contributed by atoms with van der Waals surface area (Å²) in [5.74, 6) is 0. The van der Waals surface area contributed by atoms with Crippen molar-refractivity contribution in [1.82, 2.24) is 0 Å². The predicted molar refractivity (Wildman–Crippen MR) is 70.6 cm³/mol. The lowest BCUT2D eigenvalue weighted by molar-refractivity contribution is 0.848. The van der Waals surface area contributed by atoms with Crippen LogP contribution in [-0.2, 0) is 0 Å². The molecule has 15 heavy (non-hydrogen) atoms. The van der Waals surface area contributed by atoms with E-state index in [4.69, 9.17) is 18.0 Å². The van der Waals surface area contributed by atoms with Crippen molar-refractivity contribution in [2.45, 2.75) is 20.3 Å². The fraction of sp³-hybridized carbons (Fsp3) is 0.417. The van der Waals surface area contributed by atoms with Gasteiger partial charge in [0.15, 0.2) is 0 Å². The molecule has 1 aromatic carbocycles. The normalized spacial score (nSPS) is 10.1. The molecule has 0 aliphatic rings. The highest BCUT2D eigenvalue weighted by molar-refractivity contribution is 7.80. The Morgan fingerprint density at radius 2 is 2.13 bits per heavy atom. The van der Waals surface area contributed by atoms with Crippen molar-refractivity contribution >= 4 is 22.9 Å². The van der Waals surface area contributed by atoms with Crippen LogP contribution in [0.5, 0.6) is 0 Å². The minimum Gasteiger partial charge on any atom is -0.389 e. The molecule has 0 bridgehead atoms. The fourth-order valence-electron chi connectivity index (χ4n) is 1.81. The van der Waals surface area contributed by atoms with Crippen LogP contribution >= 0.6 is 12.2 Å². The van der Waals surface area contributed by atoms with Gasteiger partial charge in [-0.25, -0.2) is 0 Å². The van der Waals surface area contributed by atoms with E-state index < -0.39 is 0 Å². The summed E-state index contributed by atoms with van der Waals surface area (Å²) in [7, 11) is 2.08. The second-order valence-electron chi connectivity index (χ2n) is 3.76. The van der Waals surface area contributed by atoms with E-state index >= 15 is 0 Å². The molecular formula is C12H18N2S. The second kappa shape index (κ2) is 5.12. The third-order valence-electron chi connectivity index (χ3n) is 2.44. The lowest BCUT2D eigenvalue weighted by Gasteiger charge is -2.23. The van der Waals surface area contributed by atoms with Gasteiger partial charge in [-0.05, 0) is 25.0 Å². The van der Waals surface area contributed by atoms with Crippen LogP contribution in [0.2, 0.25) is 0 Å². The molecule has 0 fully saturated rings. The maximum absolute atomic E-state index is 5.72. The number of rotatable bonds is 4. The number of hydrogen-bond acceptors (Lipinski definition) is 2. The van der Waals surface area contributed by atoms with E-state index in [0.29, 0.717) is 4.99 Å². The van der Waals surface area contributed by atoms with Crippen molar-refractivity contribution in [3.8, 4) is 0 Å². The molecule has 0 amide bonds. The summed E-state index contributed by atoms with van der Waals surface area (Å²) in [4.78, 5) is 2.68. The van der Waals surface area contributed by atoms with Crippen molar-refractivity contribution < 1.29 is 0 Å². The predicted octanol–water partition coefficient (Wildman–Crippen LogP) is 2.48. The number of hydrogen-bond donors (Lipinski definition) is 1. The summed E-state index contributed by atoms with van der Waals surface area (Å²) in [6.45, 7) is 5.26. The molecule has 2 N–H and O–H groups in total. The quantitative estimate of drug-likeness (QED) is 0.794. The zero-order valence-electron chi connectivity index (χ0n) is 9.58. The van der Waals surface area contributed by atoms with Crippen LogP contribution < -0.4 is 10.6 Å². The Bertz CT molecular complexity index is 361. The van der Waals surface area contributed by atoms with Gasteiger partial charge in [-0.15, -0.1) is 0 Å². The first kappa shape index (κ1) is 12.0. The Morgan fingerprint density at radius 1 is 1.47 bits per heavy atom. The number of thiocarbonyl (C=S) groups is 1. The van der Waals surface area contributed by atoms with E-state index in [1.807, 2.05) is 12.1 Å². The van der Waals surface area contributed by atoms with E-state index in [1.165, 1.54) is 5.56 Å². The summed E-state index contributed by atoms with van der Waals surface area (Å²) in [5.41, 5.74) is 9.07. The highest BCUT2D eigenvalue weighted by Crippen LogP contribution is 2.24. The van der Waals surface area contributed by atoms with Gasteiger partial charge in [-0.2, -0.15) is 0 Å². The summed E-state index contributed by atoms with van der Waals surface area (Å²) >= 11 is 5.06. The van der Waals surface area contributed by atoms with E-state index in [-0.39, 0.29) is 0 Å². The van der Waals surface area contributed by atoms with E-state index in [1.54, 1.807) is 0 Å². The van der Waals surface area contributed by atoms with Crippen molar-refractivity contribution in [2.75, 3.05) is 18.5 Å². The Balaban J connectivity index is 3.18. The lowest BCUT2D eigenvalue weighted by Crippen LogP contribution is -2.23. The number of benzene rings is 1. The summed E-state index contributed by atoms with van der Waals surface area (Å²) in [5, 5.41) is 0. The number of nitrogens with zero attached hydrogens (tertiary/aromatic N) is 1. The van der Waals surface area contributed by atoms with Crippen LogP contribution in [0.3, 0.4) is 0 Å². The molecule has 0 saturated carbocycles. The van der Waals surface area contributed by atoms with Crippen molar-refractivity contribution in [1.29, 1.82) is 0 Å². The first-order valence-electron chi connectivity index (χ1n) is 5.18. The molecule has 0 radical (unpaired) electrons. The van der Waals surface area contributed by atoms with Gasteiger partial charge in [-0.1, -0.05) is 31.3 Å². The highest BCUT2D eigenvalue weighted by atomic mass is 32.1. The summed E-state index contributed by atoms with van der Waals surface area (Å²) < 4.78 is 0. The Labute approximate surface area is 97.1 Å². The Kier molecular flexibility index (Phi) is 4.09. The number of para-hydroxylation sites is 1. The van der Waals surface area contributed by atoms with Crippen LogP contribution in [-0.4, -0.2) is 18.6 Å². The molecule has 0 heterocycles. The molecular weight excluding hydrogens is 204 g/mol. The second-order valence-corrected chi connectivity index (χ2v) is 4.20. The van der Waals surface area contributed by atoms with Crippen molar-refractivity contribution in [3.05, 3.63) is 29.3 Å². The van der Waals surface area contributed by atoms with Crippen molar-refractivity contribution in [3.63, 3.8) is 0 Å². The number of aryl methyl sites for hydroxylation is 1. The molecule has 2 nitrogen and oxygen atoms in total. The Morgan fingerprint density at radius 3 is 2.67 bits per heavy atom. The van der Waals surface area contributed by atoms with Crippen LogP contribution in [0.4, 0.5) is 5.69 Å². The van der Waals surface area contributed by atoms with Crippen LogP contribution in [0, 0.1) is 6.92 Å². The van der Waals surface area contributed by atoms with Gasteiger partial charge in [0.2, 0.25) is 0 Å². The molecule has 0 spiro atoms. The zero-order chi connectivity index (χ0) is 11.4. The minimum atomic E-state index is 0.469. The zero-order valence-corrected chi connectivity index (χ0v) is 10.4. The summed E-state index contributed by atoms with van der Waals surface area (Å²) in [6, 6.07) is 6.06. The highest BCUT2D eigenvalue weighted by Gasteiger charge is 2.11. The van der Waals surface area contributed by atoms with Gasteiger partial charge >= 0.3 is 0 Å². The largest absolute Gasteiger partial charge is 0.389 e. The van der Waals surface area contributed by atoms with Gasteiger partial charge in [0.1, 0.15) is 4.99 Å². The van der Waals surface area contributed by atoms with E-state index in [0.717, 1.165) is 24.2 Å². The molecule has 0 atom stereocenters. The maximum atomic E-state index is 5.72. The SMILES string of the molecule is CCCN(C)c1c(C)cccc1C(N)=S. The standard InChI is InChI=1S/C12H18N2S/c1-4-8-14(3)11-9(2)6-5-7-10(11)12(13)15/h5-7H,4,8H2,1-3H3,(H2,13,15). The minimum absolute atomic E-state index is 0.469. The molecule has 1 rings (SSSR count). The van der Waals surface area contributed by atoms with E-state index in [2.05, 4.69) is 31.9 Å². The Hall–Kier alpha value is -1.09. The molecule has 3 heteroatoms. The van der Waals surface area contributed by atoms with Gasteiger partial charge in [0.25, 0.3) is 0 Å². The van der Waals surface area contributed by atoms with Gasteiger partial charge in [-0.3, -0.25) is 0 Å². The number of anilines is 1. The lowest BCUT2D eigenvalue weighted by atomic mass is 10.1. The van der Waals surface area contributed by atoms with E-state index in [9.17, 15) is 0 Å². The van der Waals surface area contributed by atoms with Crippen molar-refractivity contribution in [2.24, 2.45) is 5.73 Å². The average Bonchev–Trinajstić information content (AvgIpc) is 2.17. The fourth-order valence-corrected chi connectivity index (χ4v) is 1.98. The van der Waals surface area contributed by atoms with Crippen LogP contribution in [0.25, 0.3) is 0 Å². The van der Waals surface area contributed by atoms with Gasteiger partial charge in [0, 0.05) is 24.8 Å². The smallest absolute Gasteiger partial charge is 0.106 e. The molecule has 1 aromatic rings. The third kappa shape index (κ3) is 2.69. The first-order valence-corrected chi connectivity index (χ1v) is 5.59. The molecule has 0 saturated heterocycles. The monoisotopic (exact) mass is 222 g/mol. The van der Waals surface area contributed by atoms with Crippen LogP contribution in [0.15, 0.2) is 18.2 Å². The molecule has 0 aliphatic carbocycles.